The highest BCUT2D eigenvalue weighted by Gasteiger charge is 2.46. The highest BCUT2D eigenvalue weighted by molar-refractivity contribution is 6.33. The Labute approximate surface area is 339 Å². The molecule has 1 unspecified atom stereocenters. The zero-order chi connectivity index (χ0) is 39.6. The van der Waals surface area contributed by atoms with Gasteiger partial charge >= 0.3 is 0 Å². The number of piperidine rings is 3. The van der Waals surface area contributed by atoms with Crippen LogP contribution in [0.5, 0.6) is 0 Å². The van der Waals surface area contributed by atoms with E-state index in [1.807, 2.05) is 24.3 Å². The molecular weight excluding hydrogens is 740 g/mol. The Balaban J connectivity index is 0.739. The molecule has 4 amide bonds. The van der Waals surface area contributed by atoms with E-state index >= 15 is 0 Å². The van der Waals surface area contributed by atoms with Crippen LogP contribution in [0.15, 0.2) is 60.7 Å². The van der Waals surface area contributed by atoms with Gasteiger partial charge in [-0.2, -0.15) is 0 Å². The maximum absolute atomic E-state index is 13.3. The molecule has 6 aliphatic heterocycles. The second-order valence-corrected chi connectivity index (χ2v) is 17.5. The van der Waals surface area contributed by atoms with Crippen molar-refractivity contribution in [2.24, 2.45) is 5.41 Å². The Morgan fingerprint density at radius 1 is 0.772 bits per heavy atom. The summed E-state index contributed by atoms with van der Waals surface area (Å²) in [4.78, 5) is 67.4. The van der Waals surface area contributed by atoms with Crippen molar-refractivity contribution in [3.63, 3.8) is 0 Å². The number of nitrogens with one attached hydrogen (secondary N) is 1. The molecule has 0 radical (unpaired) electrons. The predicted octanol–water partition coefficient (Wildman–Crippen LogP) is 5.97. The number of nitrogens with zero attached hydrogens (tertiary/aromatic N) is 7. The molecule has 57 heavy (non-hydrogen) atoms. The molecule has 1 N–H and O–H groups in total. The summed E-state index contributed by atoms with van der Waals surface area (Å²) in [7, 11) is 2.23. The minimum atomic E-state index is -0.960. The summed E-state index contributed by atoms with van der Waals surface area (Å²) in [5.74, 6) is -1.92. The van der Waals surface area contributed by atoms with Gasteiger partial charge in [0, 0.05) is 98.1 Å². The van der Waals surface area contributed by atoms with E-state index in [0.717, 1.165) is 74.9 Å². The van der Waals surface area contributed by atoms with Crippen LogP contribution < -0.4 is 24.9 Å². The molecule has 0 saturated carbocycles. The minimum Gasteiger partial charge on any atom is -0.371 e. The molecule has 3 aromatic carbocycles. The Morgan fingerprint density at radius 3 is 2.05 bits per heavy atom. The van der Waals surface area contributed by atoms with Crippen molar-refractivity contribution in [2.75, 3.05) is 72.5 Å². The molecule has 9 rings (SSSR count). The Kier molecular flexibility index (Phi) is 9.64. The largest absolute Gasteiger partial charge is 0.371 e. The standard InChI is InChI=1S/C44H49ClN8O4/c1-28-24-44(27-52(28)33-9-11-38(46-2)37(45)23-33)16-20-50(21-17-44)31-6-4-30(5-7-31)49-18-14-29(15-19-49)48(3)34-25-51(26-34)32-8-10-35-36(22-32)43(57)53(42(35)56)39-12-13-40(54)47-41(39)55/h4-11,22-23,28-29,34,39H,12-21,24-27H2,1,3H3,(H,47,54,55)/t28-,39?/m0/s1. The minimum absolute atomic E-state index is 0.103. The maximum atomic E-state index is 13.3. The number of hydrogen-bond donors (Lipinski definition) is 1. The molecule has 1 spiro atoms. The van der Waals surface area contributed by atoms with Crippen molar-refractivity contribution in [1.29, 1.82) is 0 Å². The number of amides is 4. The molecule has 6 heterocycles. The van der Waals surface area contributed by atoms with Crippen LogP contribution >= 0.6 is 11.6 Å². The third kappa shape index (κ3) is 6.78. The van der Waals surface area contributed by atoms with E-state index in [1.165, 1.54) is 30.6 Å². The second kappa shape index (κ2) is 14.7. The van der Waals surface area contributed by atoms with Gasteiger partial charge in [-0.05, 0) is 113 Å². The van der Waals surface area contributed by atoms with E-state index in [0.29, 0.717) is 45.4 Å². The van der Waals surface area contributed by atoms with Gasteiger partial charge in [0.2, 0.25) is 17.5 Å². The van der Waals surface area contributed by atoms with Crippen LogP contribution in [0.4, 0.5) is 28.4 Å². The summed E-state index contributed by atoms with van der Waals surface area (Å²) in [5, 5.41) is 2.79. The average Bonchev–Trinajstić information content (AvgIpc) is 3.65. The number of carbonyl (C=O) groups is 4. The summed E-state index contributed by atoms with van der Waals surface area (Å²) in [6.07, 6.45) is 5.96. The van der Waals surface area contributed by atoms with Gasteiger partial charge in [0.05, 0.1) is 17.7 Å². The van der Waals surface area contributed by atoms with Gasteiger partial charge in [0.1, 0.15) is 6.04 Å². The van der Waals surface area contributed by atoms with Gasteiger partial charge in [0.25, 0.3) is 11.8 Å². The van der Waals surface area contributed by atoms with Gasteiger partial charge in [-0.1, -0.05) is 17.7 Å². The normalized spacial score (nSPS) is 24.0. The van der Waals surface area contributed by atoms with Crippen molar-refractivity contribution in [2.45, 2.75) is 76.0 Å². The molecule has 13 heteroatoms. The Morgan fingerprint density at radius 2 is 1.40 bits per heavy atom. The Hall–Kier alpha value is -5.12. The summed E-state index contributed by atoms with van der Waals surface area (Å²) in [5.41, 5.74) is 6.06. The number of rotatable bonds is 7. The molecule has 0 aromatic heterocycles. The number of benzene rings is 3. The molecule has 0 aliphatic carbocycles. The van der Waals surface area contributed by atoms with Gasteiger partial charge < -0.3 is 19.6 Å². The number of imide groups is 2. The first-order chi connectivity index (χ1) is 27.5. The van der Waals surface area contributed by atoms with Crippen molar-refractivity contribution in [1.82, 2.24) is 15.1 Å². The number of likely N-dealkylation sites (N-methyl/N-ethyl adjacent to an activating group) is 1. The van der Waals surface area contributed by atoms with Gasteiger partial charge in [-0.15, -0.1) is 0 Å². The zero-order valence-corrected chi connectivity index (χ0v) is 33.4. The monoisotopic (exact) mass is 788 g/mol. The first-order valence-corrected chi connectivity index (χ1v) is 20.7. The van der Waals surface area contributed by atoms with Crippen molar-refractivity contribution in [3.8, 4) is 0 Å². The topological polar surface area (TPSA) is 104 Å². The SMILES string of the molecule is [C-]#[N+]c1ccc(N2CC3(CCN(c4ccc(N5CCC(N(C)C6CN(c7ccc8c(c7)C(=O)N(C7CCC(=O)NC7=O)C8=O)C6)CC5)cc4)CC3)C[C@@H]2C)cc1Cl. The number of halogens is 1. The van der Waals surface area contributed by atoms with Gasteiger partial charge in [-0.3, -0.25) is 34.3 Å². The number of carbonyl (C=O) groups excluding carboxylic acids is 4. The van der Waals surface area contributed by atoms with Crippen LogP contribution in [0.2, 0.25) is 5.02 Å². The van der Waals surface area contributed by atoms with Crippen LogP contribution in [0, 0.1) is 12.0 Å². The predicted molar refractivity (Wildman–Crippen MR) is 222 cm³/mol. The van der Waals surface area contributed by atoms with Crippen LogP contribution in [-0.2, 0) is 9.59 Å². The van der Waals surface area contributed by atoms with E-state index in [2.05, 4.69) is 72.9 Å². The lowest BCUT2D eigenvalue weighted by atomic mass is 9.76. The van der Waals surface area contributed by atoms with Crippen molar-refractivity contribution >= 4 is 63.7 Å². The third-order valence-electron chi connectivity index (χ3n) is 13.8. The molecule has 296 valence electrons. The molecular formula is C44H49ClN8O4. The van der Waals surface area contributed by atoms with E-state index in [9.17, 15) is 19.2 Å². The summed E-state index contributed by atoms with van der Waals surface area (Å²) < 4.78 is 0. The molecule has 0 bridgehead atoms. The fraction of sp³-hybridized carbons (Fsp3) is 0.477. The Bertz CT molecular complexity index is 2150. The van der Waals surface area contributed by atoms with E-state index in [-0.39, 0.29) is 18.7 Å². The van der Waals surface area contributed by atoms with Crippen LogP contribution in [-0.4, -0.2) is 110 Å². The van der Waals surface area contributed by atoms with Crippen LogP contribution in [0.1, 0.15) is 72.6 Å². The zero-order valence-electron chi connectivity index (χ0n) is 32.6. The van der Waals surface area contributed by atoms with E-state index < -0.39 is 23.8 Å². The summed E-state index contributed by atoms with van der Waals surface area (Å²) >= 11 is 6.40. The van der Waals surface area contributed by atoms with Crippen molar-refractivity contribution in [3.05, 3.63) is 88.2 Å². The van der Waals surface area contributed by atoms with Crippen LogP contribution in [0.3, 0.4) is 0 Å². The first-order valence-electron chi connectivity index (χ1n) is 20.4. The maximum Gasteiger partial charge on any atom is 0.262 e. The molecule has 5 saturated heterocycles. The summed E-state index contributed by atoms with van der Waals surface area (Å²) in [6, 6.07) is 20.8. The smallest absolute Gasteiger partial charge is 0.262 e. The highest BCUT2D eigenvalue weighted by atomic mass is 35.5. The van der Waals surface area contributed by atoms with Gasteiger partial charge in [0.15, 0.2) is 0 Å². The number of anilines is 4. The van der Waals surface area contributed by atoms with Crippen LogP contribution in [0.25, 0.3) is 4.85 Å². The second-order valence-electron chi connectivity index (χ2n) is 17.1. The number of fused-ring (bicyclic) bond motifs is 1. The molecule has 3 aromatic rings. The quantitative estimate of drug-likeness (QED) is 0.229. The number of hydrogen-bond acceptors (Lipinski definition) is 9. The average molecular weight is 789 g/mol. The third-order valence-corrected chi connectivity index (χ3v) is 14.1. The molecule has 5 fully saturated rings. The fourth-order valence-corrected chi connectivity index (χ4v) is 10.5. The lowest BCUT2D eigenvalue weighted by Gasteiger charge is -2.49. The van der Waals surface area contributed by atoms with E-state index in [1.54, 1.807) is 12.1 Å². The lowest BCUT2D eigenvalue weighted by molar-refractivity contribution is -0.136. The molecule has 2 atom stereocenters. The highest BCUT2D eigenvalue weighted by Crippen LogP contribution is 2.46. The summed E-state index contributed by atoms with van der Waals surface area (Å²) in [6.45, 7) is 16.5. The first kappa shape index (κ1) is 37.5. The van der Waals surface area contributed by atoms with E-state index in [4.69, 9.17) is 18.2 Å². The molecule has 12 nitrogen and oxygen atoms in total. The fourth-order valence-electron chi connectivity index (χ4n) is 10.3. The molecule has 6 aliphatic rings. The lowest BCUT2D eigenvalue weighted by Crippen LogP contribution is -2.61. The van der Waals surface area contributed by atoms with Gasteiger partial charge in [-0.25, -0.2) is 4.85 Å². The van der Waals surface area contributed by atoms with Crippen molar-refractivity contribution < 1.29 is 19.2 Å².